The lowest BCUT2D eigenvalue weighted by Crippen LogP contribution is -2.44. The number of hydrogen-bond acceptors (Lipinski definition) is 4. The van der Waals surface area contributed by atoms with Crippen LogP contribution in [0.5, 0.6) is 5.75 Å². The van der Waals surface area contributed by atoms with Crippen molar-refractivity contribution in [3.05, 3.63) is 29.8 Å². The van der Waals surface area contributed by atoms with E-state index in [0.717, 1.165) is 11.3 Å². The molecule has 132 valence electrons. The van der Waals surface area contributed by atoms with Gasteiger partial charge < -0.3 is 15.0 Å². The van der Waals surface area contributed by atoms with Crippen molar-refractivity contribution in [2.24, 2.45) is 0 Å². The number of amides is 2. The van der Waals surface area contributed by atoms with Crippen LogP contribution >= 0.6 is 11.8 Å². The Hall–Kier alpha value is -1.76. The summed E-state index contributed by atoms with van der Waals surface area (Å²) in [5.74, 6) is 0.863. The summed E-state index contributed by atoms with van der Waals surface area (Å²) in [4.78, 5) is 25.6. The Morgan fingerprint density at radius 3 is 2.71 bits per heavy atom. The zero-order chi connectivity index (χ0) is 17.5. The Labute approximate surface area is 145 Å². The molecule has 1 aliphatic heterocycles. The van der Waals surface area contributed by atoms with Gasteiger partial charge in [-0.05, 0) is 24.0 Å². The average molecular weight is 354 g/mol. The minimum atomic E-state index is -1.01. The van der Waals surface area contributed by atoms with E-state index in [4.69, 9.17) is 4.74 Å². The first-order chi connectivity index (χ1) is 11.5. The van der Waals surface area contributed by atoms with Crippen molar-refractivity contribution < 1.29 is 18.7 Å². The molecule has 1 saturated heterocycles. The molecule has 2 rings (SSSR count). The van der Waals surface area contributed by atoms with Crippen molar-refractivity contribution in [3.63, 3.8) is 0 Å². The highest BCUT2D eigenvalue weighted by molar-refractivity contribution is 7.99. The van der Waals surface area contributed by atoms with Crippen molar-refractivity contribution in [3.8, 4) is 5.75 Å². The van der Waals surface area contributed by atoms with Crippen molar-refractivity contribution in [1.82, 2.24) is 10.2 Å². The summed E-state index contributed by atoms with van der Waals surface area (Å²) in [5, 5.41) is 2.81. The van der Waals surface area contributed by atoms with Gasteiger partial charge in [-0.1, -0.05) is 12.1 Å². The van der Waals surface area contributed by atoms with E-state index in [0.29, 0.717) is 5.75 Å². The van der Waals surface area contributed by atoms with Crippen LogP contribution in [0.3, 0.4) is 0 Å². The van der Waals surface area contributed by atoms with Gasteiger partial charge in [-0.2, -0.15) is 11.8 Å². The highest BCUT2D eigenvalue weighted by atomic mass is 32.2. The summed E-state index contributed by atoms with van der Waals surface area (Å²) in [6, 6.07) is 7.01. The summed E-state index contributed by atoms with van der Waals surface area (Å²) in [6.45, 7) is 0.411. The number of halogens is 1. The summed E-state index contributed by atoms with van der Waals surface area (Å²) < 4.78 is 18.7. The minimum absolute atomic E-state index is 0.0722. The second kappa shape index (κ2) is 8.92. The average Bonchev–Trinajstić information content (AvgIpc) is 2.95. The maximum Gasteiger partial charge on any atom is 0.232 e. The lowest BCUT2D eigenvalue weighted by molar-refractivity contribution is -0.130. The maximum absolute atomic E-state index is 13.6. The molecule has 1 aromatic rings. The fourth-order valence-corrected chi connectivity index (χ4v) is 3.20. The lowest BCUT2D eigenvalue weighted by atomic mass is 10.1. The fourth-order valence-electron chi connectivity index (χ4n) is 2.79. The number of carbonyl (C=O) groups is 2. The van der Waals surface area contributed by atoms with E-state index >= 15 is 0 Å². The Morgan fingerprint density at radius 1 is 1.38 bits per heavy atom. The number of ether oxygens (including phenoxy) is 1. The van der Waals surface area contributed by atoms with Crippen LogP contribution in [-0.4, -0.2) is 61.1 Å². The summed E-state index contributed by atoms with van der Waals surface area (Å²) in [6.07, 6.45) is 1.35. The van der Waals surface area contributed by atoms with E-state index in [-0.39, 0.29) is 43.8 Å². The van der Waals surface area contributed by atoms with Crippen molar-refractivity contribution in [2.75, 3.05) is 32.2 Å². The monoisotopic (exact) mass is 354 g/mol. The molecule has 1 N–H and O–H groups in total. The molecular formula is C17H23FN2O3S. The normalized spacial score (nSPS) is 20.0. The van der Waals surface area contributed by atoms with Crippen molar-refractivity contribution in [1.29, 1.82) is 0 Å². The van der Waals surface area contributed by atoms with Crippen LogP contribution in [0.4, 0.5) is 4.39 Å². The molecule has 1 aliphatic rings. The number of nitrogens with zero attached hydrogens (tertiary/aromatic N) is 1. The number of benzene rings is 1. The van der Waals surface area contributed by atoms with Crippen LogP contribution in [0.1, 0.15) is 12.0 Å². The van der Waals surface area contributed by atoms with Gasteiger partial charge in [0.15, 0.2) is 0 Å². The zero-order valence-corrected chi connectivity index (χ0v) is 14.8. The quantitative estimate of drug-likeness (QED) is 0.809. The molecule has 1 aromatic carbocycles. The van der Waals surface area contributed by atoms with E-state index in [1.165, 1.54) is 11.8 Å². The molecule has 1 fully saturated rings. The molecule has 0 unspecified atom stereocenters. The smallest absolute Gasteiger partial charge is 0.232 e. The van der Waals surface area contributed by atoms with Crippen LogP contribution in [0.2, 0.25) is 0 Å². The molecule has 0 saturated carbocycles. The van der Waals surface area contributed by atoms with E-state index in [2.05, 4.69) is 5.32 Å². The zero-order valence-electron chi connectivity index (χ0n) is 14.0. The predicted octanol–water partition coefficient (Wildman–Crippen LogP) is 1.66. The number of likely N-dealkylation sites (tertiary alicyclic amines) is 1. The topological polar surface area (TPSA) is 58.6 Å². The van der Waals surface area contributed by atoms with Gasteiger partial charge in [-0.15, -0.1) is 0 Å². The van der Waals surface area contributed by atoms with Crippen LogP contribution in [-0.2, 0) is 16.0 Å². The molecule has 2 atom stereocenters. The first-order valence-corrected chi connectivity index (χ1v) is 9.25. The third kappa shape index (κ3) is 5.12. The van der Waals surface area contributed by atoms with Crippen LogP contribution < -0.4 is 10.1 Å². The van der Waals surface area contributed by atoms with Gasteiger partial charge in [0.2, 0.25) is 11.8 Å². The Bertz CT molecular complexity index is 567. The highest BCUT2D eigenvalue weighted by Gasteiger charge is 2.34. The number of alkyl halides is 1. The summed E-state index contributed by atoms with van der Waals surface area (Å²) in [7, 11) is 1.59. The minimum Gasteiger partial charge on any atom is -0.497 e. The molecule has 0 aliphatic carbocycles. The van der Waals surface area contributed by atoms with Gasteiger partial charge in [-0.3, -0.25) is 9.59 Å². The molecular weight excluding hydrogens is 331 g/mol. The molecule has 0 radical (unpaired) electrons. The second-order valence-corrected chi connectivity index (χ2v) is 6.66. The predicted molar refractivity (Wildman–Crippen MR) is 93.1 cm³/mol. The first-order valence-electron chi connectivity index (χ1n) is 7.85. The van der Waals surface area contributed by atoms with E-state index < -0.39 is 6.17 Å². The van der Waals surface area contributed by atoms with Gasteiger partial charge in [0.1, 0.15) is 11.9 Å². The SMILES string of the molecule is COc1ccc(CC(=O)NC[C@@H]2C[C@H](F)CN2C(=O)CSC)cc1. The number of thioether (sulfide) groups is 1. The van der Waals surface area contributed by atoms with Crippen LogP contribution in [0, 0.1) is 0 Å². The second-order valence-electron chi connectivity index (χ2n) is 5.79. The third-order valence-electron chi connectivity index (χ3n) is 4.01. The van der Waals surface area contributed by atoms with E-state index in [1.54, 1.807) is 24.1 Å². The van der Waals surface area contributed by atoms with Gasteiger partial charge in [0.25, 0.3) is 0 Å². The van der Waals surface area contributed by atoms with Crippen molar-refractivity contribution in [2.45, 2.75) is 25.1 Å². The molecule has 1 heterocycles. The number of rotatable bonds is 7. The number of nitrogens with one attached hydrogen (secondary N) is 1. The lowest BCUT2D eigenvalue weighted by Gasteiger charge is -2.24. The molecule has 0 bridgehead atoms. The number of methoxy groups -OCH3 is 1. The molecule has 7 heteroatoms. The largest absolute Gasteiger partial charge is 0.497 e. The van der Waals surface area contributed by atoms with Gasteiger partial charge in [-0.25, -0.2) is 4.39 Å². The van der Waals surface area contributed by atoms with Gasteiger partial charge >= 0.3 is 0 Å². The van der Waals surface area contributed by atoms with Gasteiger partial charge in [0.05, 0.1) is 31.9 Å². The van der Waals surface area contributed by atoms with E-state index in [9.17, 15) is 14.0 Å². The maximum atomic E-state index is 13.6. The number of carbonyl (C=O) groups excluding carboxylic acids is 2. The van der Waals surface area contributed by atoms with Crippen molar-refractivity contribution >= 4 is 23.6 Å². The summed E-state index contributed by atoms with van der Waals surface area (Å²) in [5.41, 5.74) is 0.874. The fraction of sp³-hybridized carbons (Fsp3) is 0.529. The molecule has 2 amide bonds. The Balaban J connectivity index is 1.84. The number of hydrogen-bond donors (Lipinski definition) is 1. The first kappa shape index (κ1) is 18.6. The standard InChI is InChI=1S/C17H23FN2O3S/c1-23-15-5-3-12(4-6-15)7-16(21)19-9-14-8-13(18)10-20(14)17(22)11-24-2/h3-6,13-14H,7-11H2,1-2H3,(H,19,21)/t13-,14-/m0/s1. The van der Waals surface area contributed by atoms with E-state index in [1.807, 2.05) is 18.4 Å². The third-order valence-corrected chi connectivity index (χ3v) is 4.55. The van der Waals surface area contributed by atoms with Crippen LogP contribution in [0.25, 0.3) is 0 Å². The van der Waals surface area contributed by atoms with Gasteiger partial charge in [0, 0.05) is 13.0 Å². The molecule has 5 nitrogen and oxygen atoms in total. The molecule has 0 spiro atoms. The molecule has 0 aromatic heterocycles. The molecule has 24 heavy (non-hydrogen) atoms. The Kier molecular flexibility index (Phi) is 6.90. The summed E-state index contributed by atoms with van der Waals surface area (Å²) >= 11 is 1.42. The van der Waals surface area contributed by atoms with Crippen LogP contribution in [0.15, 0.2) is 24.3 Å². The Morgan fingerprint density at radius 2 is 2.08 bits per heavy atom. The highest BCUT2D eigenvalue weighted by Crippen LogP contribution is 2.21.